The summed E-state index contributed by atoms with van der Waals surface area (Å²) in [6, 6.07) is 4.59. The Hall–Kier alpha value is -1.91. The minimum atomic E-state index is -3.37. The molecule has 1 amide bonds. The molecule has 1 N–H and O–H groups in total. The fraction of sp³-hybridized carbons (Fsp3) is 0.562. The normalized spacial score (nSPS) is 21.2. The van der Waals surface area contributed by atoms with E-state index in [0.717, 1.165) is 0 Å². The van der Waals surface area contributed by atoms with Crippen LogP contribution in [0.15, 0.2) is 18.2 Å². The molecule has 10 heteroatoms. The van der Waals surface area contributed by atoms with Crippen LogP contribution in [-0.4, -0.2) is 65.8 Å². The third-order valence-electron chi connectivity index (χ3n) is 4.38. The lowest BCUT2D eigenvalue weighted by Gasteiger charge is -2.29. The number of cyclic esters (lactones) is 1. The molecule has 1 atom stereocenters. The maximum absolute atomic E-state index is 14.5. The van der Waals surface area contributed by atoms with Crippen LogP contribution in [0.4, 0.5) is 20.6 Å². The van der Waals surface area contributed by atoms with Crippen molar-refractivity contribution in [3.63, 3.8) is 0 Å². The van der Waals surface area contributed by atoms with Gasteiger partial charge >= 0.3 is 6.09 Å². The minimum Gasteiger partial charge on any atom is -0.443 e. The second-order valence-electron chi connectivity index (χ2n) is 6.10. The van der Waals surface area contributed by atoms with E-state index in [-0.39, 0.29) is 18.8 Å². The number of nitrogens with zero attached hydrogens (tertiary/aromatic N) is 2. The van der Waals surface area contributed by atoms with Gasteiger partial charge in [-0.05, 0) is 25.1 Å². The van der Waals surface area contributed by atoms with Crippen molar-refractivity contribution in [3.05, 3.63) is 24.0 Å². The molecular formula is C16H22FN3O5S. The third kappa shape index (κ3) is 4.25. The summed E-state index contributed by atoms with van der Waals surface area (Å²) < 4.78 is 50.3. The zero-order chi connectivity index (χ0) is 18.7. The molecule has 26 heavy (non-hydrogen) atoms. The average molecular weight is 387 g/mol. The van der Waals surface area contributed by atoms with Gasteiger partial charge < -0.3 is 14.4 Å². The molecule has 2 aliphatic rings. The number of nitrogens with one attached hydrogen (secondary N) is 1. The zero-order valence-electron chi connectivity index (χ0n) is 14.5. The standard InChI is InChI=1S/C16H22FN3O5S/c1-2-26(22,23)18-10-13-11-20(16(21)25-13)12-3-4-15(14(17)9-12)19-5-7-24-8-6-19/h3-4,9,13,18H,2,5-8,10-11H2,1H3/t13-/m0/s1. The van der Waals surface area contributed by atoms with Crippen LogP contribution in [0.1, 0.15) is 6.92 Å². The molecule has 2 fully saturated rings. The van der Waals surface area contributed by atoms with Crippen molar-refractivity contribution in [2.24, 2.45) is 0 Å². The van der Waals surface area contributed by atoms with Crippen molar-refractivity contribution >= 4 is 27.5 Å². The maximum atomic E-state index is 14.5. The van der Waals surface area contributed by atoms with Crippen LogP contribution in [-0.2, 0) is 19.5 Å². The van der Waals surface area contributed by atoms with E-state index < -0.39 is 28.0 Å². The van der Waals surface area contributed by atoms with Gasteiger partial charge in [0.2, 0.25) is 10.0 Å². The van der Waals surface area contributed by atoms with Gasteiger partial charge in [0.25, 0.3) is 0 Å². The molecule has 0 radical (unpaired) electrons. The number of halogens is 1. The first-order valence-electron chi connectivity index (χ1n) is 8.47. The van der Waals surface area contributed by atoms with Crippen LogP contribution in [0.2, 0.25) is 0 Å². The Morgan fingerprint density at radius 2 is 2.04 bits per heavy atom. The monoisotopic (exact) mass is 387 g/mol. The van der Waals surface area contributed by atoms with E-state index in [1.54, 1.807) is 12.1 Å². The van der Waals surface area contributed by atoms with Crippen LogP contribution >= 0.6 is 0 Å². The van der Waals surface area contributed by atoms with Gasteiger partial charge in [0.05, 0.1) is 36.9 Å². The van der Waals surface area contributed by atoms with Crippen molar-refractivity contribution in [3.8, 4) is 0 Å². The highest BCUT2D eigenvalue weighted by molar-refractivity contribution is 7.89. The van der Waals surface area contributed by atoms with Crippen molar-refractivity contribution in [2.75, 3.05) is 54.9 Å². The van der Waals surface area contributed by atoms with Gasteiger partial charge in [-0.2, -0.15) is 0 Å². The number of carbonyl (C=O) groups excluding carboxylic acids is 1. The highest BCUT2D eigenvalue weighted by Gasteiger charge is 2.33. The second-order valence-corrected chi connectivity index (χ2v) is 8.20. The van der Waals surface area contributed by atoms with Crippen LogP contribution < -0.4 is 14.5 Å². The number of anilines is 2. The van der Waals surface area contributed by atoms with E-state index in [1.807, 2.05) is 4.90 Å². The van der Waals surface area contributed by atoms with Crippen molar-refractivity contribution < 1.29 is 27.1 Å². The lowest BCUT2D eigenvalue weighted by atomic mass is 10.2. The highest BCUT2D eigenvalue weighted by atomic mass is 32.2. The lowest BCUT2D eigenvalue weighted by Crippen LogP contribution is -2.37. The summed E-state index contributed by atoms with van der Waals surface area (Å²) in [6.45, 7) is 4.00. The van der Waals surface area contributed by atoms with Crippen molar-refractivity contribution in [1.29, 1.82) is 0 Å². The SMILES string of the molecule is CCS(=O)(=O)NC[C@H]1CN(c2ccc(N3CCOCC3)c(F)c2)C(=O)O1. The lowest BCUT2D eigenvalue weighted by molar-refractivity contribution is 0.122. The number of hydrogen-bond donors (Lipinski definition) is 1. The number of amides is 1. The highest BCUT2D eigenvalue weighted by Crippen LogP contribution is 2.28. The van der Waals surface area contributed by atoms with E-state index >= 15 is 0 Å². The minimum absolute atomic E-state index is 0.00719. The van der Waals surface area contributed by atoms with Crippen LogP contribution in [0.3, 0.4) is 0 Å². The average Bonchev–Trinajstić information content (AvgIpc) is 3.01. The summed E-state index contributed by atoms with van der Waals surface area (Å²) in [4.78, 5) is 15.3. The molecule has 3 rings (SSSR count). The molecule has 0 aromatic heterocycles. The largest absolute Gasteiger partial charge is 0.443 e. The second kappa shape index (κ2) is 7.77. The number of rotatable bonds is 6. The summed E-state index contributed by atoms with van der Waals surface area (Å²) in [5.41, 5.74) is 0.849. The van der Waals surface area contributed by atoms with Crippen LogP contribution in [0.25, 0.3) is 0 Å². The summed E-state index contributed by atoms with van der Waals surface area (Å²) in [5, 5.41) is 0. The summed E-state index contributed by atoms with van der Waals surface area (Å²) in [7, 11) is -3.37. The first-order valence-corrected chi connectivity index (χ1v) is 10.1. The number of benzene rings is 1. The Balaban J connectivity index is 1.67. The number of ether oxygens (including phenoxy) is 2. The van der Waals surface area contributed by atoms with Crippen LogP contribution in [0.5, 0.6) is 0 Å². The maximum Gasteiger partial charge on any atom is 0.414 e. The fourth-order valence-electron chi connectivity index (χ4n) is 2.89. The van der Waals surface area contributed by atoms with Gasteiger partial charge in [-0.1, -0.05) is 0 Å². The first kappa shape index (κ1) is 18.9. The van der Waals surface area contributed by atoms with E-state index in [2.05, 4.69) is 4.72 Å². The number of morpholine rings is 1. The number of sulfonamides is 1. The number of carbonyl (C=O) groups is 1. The van der Waals surface area contributed by atoms with E-state index in [1.165, 1.54) is 17.9 Å². The molecule has 1 aromatic carbocycles. The number of hydrogen-bond acceptors (Lipinski definition) is 6. The molecule has 0 spiro atoms. The Morgan fingerprint density at radius 3 is 2.69 bits per heavy atom. The first-order chi connectivity index (χ1) is 12.4. The zero-order valence-corrected chi connectivity index (χ0v) is 15.3. The summed E-state index contributed by atoms with van der Waals surface area (Å²) >= 11 is 0. The van der Waals surface area contributed by atoms with Gasteiger partial charge in [-0.3, -0.25) is 4.90 Å². The molecule has 2 aliphatic heterocycles. The fourth-order valence-corrected chi connectivity index (χ4v) is 3.53. The van der Waals surface area contributed by atoms with Gasteiger partial charge in [0.1, 0.15) is 11.9 Å². The smallest absolute Gasteiger partial charge is 0.414 e. The Kier molecular flexibility index (Phi) is 5.64. The Bertz CT molecular complexity index is 767. The molecule has 0 aliphatic carbocycles. The molecule has 0 saturated carbocycles. The van der Waals surface area contributed by atoms with Gasteiger partial charge in [-0.15, -0.1) is 0 Å². The van der Waals surface area contributed by atoms with Crippen molar-refractivity contribution in [2.45, 2.75) is 13.0 Å². The van der Waals surface area contributed by atoms with E-state index in [0.29, 0.717) is 37.7 Å². The molecule has 8 nitrogen and oxygen atoms in total. The third-order valence-corrected chi connectivity index (χ3v) is 5.75. The topological polar surface area (TPSA) is 88.2 Å². The predicted octanol–water partition coefficient (Wildman–Crippen LogP) is 0.927. The van der Waals surface area contributed by atoms with Crippen molar-refractivity contribution in [1.82, 2.24) is 4.72 Å². The predicted molar refractivity (Wildman–Crippen MR) is 94.5 cm³/mol. The quantitative estimate of drug-likeness (QED) is 0.781. The summed E-state index contributed by atoms with van der Waals surface area (Å²) in [6.07, 6.45) is -1.24. The Labute approximate surface area is 151 Å². The molecule has 0 unspecified atom stereocenters. The molecule has 2 saturated heterocycles. The summed E-state index contributed by atoms with van der Waals surface area (Å²) in [5.74, 6) is -0.474. The van der Waals surface area contributed by atoms with Crippen LogP contribution in [0, 0.1) is 5.82 Å². The molecule has 144 valence electrons. The van der Waals surface area contributed by atoms with E-state index in [9.17, 15) is 17.6 Å². The molecule has 2 heterocycles. The van der Waals surface area contributed by atoms with E-state index in [4.69, 9.17) is 9.47 Å². The molecule has 0 bridgehead atoms. The van der Waals surface area contributed by atoms with Gasteiger partial charge in [0.15, 0.2) is 0 Å². The molecular weight excluding hydrogens is 365 g/mol. The molecule has 1 aromatic rings. The van der Waals surface area contributed by atoms with Gasteiger partial charge in [0, 0.05) is 19.6 Å². The van der Waals surface area contributed by atoms with Gasteiger partial charge in [-0.25, -0.2) is 22.3 Å². The Morgan fingerprint density at radius 1 is 1.31 bits per heavy atom.